The number of aliphatic hydroxyl groups is 1. The number of aliphatic hydroxyl groups excluding tert-OH is 1. The molecule has 0 radical (unpaired) electrons. The minimum Gasteiger partial charge on any atom is -0.390 e. The lowest BCUT2D eigenvalue weighted by Crippen LogP contribution is -2.66. The predicted molar refractivity (Wildman–Crippen MR) is 89.3 cm³/mol. The van der Waals surface area contributed by atoms with Gasteiger partial charge in [0.25, 0.3) is 0 Å². The molecule has 0 unspecified atom stereocenters. The molecule has 1 spiro atoms. The van der Waals surface area contributed by atoms with Crippen LogP contribution in [-0.4, -0.2) is 42.4 Å². The lowest BCUT2D eigenvalue weighted by Gasteiger charge is -2.62. The lowest BCUT2D eigenvalue weighted by atomic mass is 9.51. The van der Waals surface area contributed by atoms with E-state index in [1.807, 2.05) is 0 Å². The van der Waals surface area contributed by atoms with Gasteiger partial charge >= 0.3 is 0 Å². The number of hydrogen-bond acceptors (Lipinski definition) is 4. The Bertz CT molecular complexity index is 514. The van der Waals surface area contributed by atoms with E-state index in [0.29, 0.717) is 36.9 Å². The van der Waals surface area contributed by atoms with Crippen LogP contribution in [0.1, 0.15) is 52.9 Å². The molecule has 136 valence electrons. The molecule has 6 aliphatic rings. The number of ether oxygens (including phenoxy) is 3. The third-order valence-electron chi connectivity index (χ3n) is 8.39. The minimum atomic E-state index is -0.451. The van der Waals surface area contributed by atoms with E-state index in [0.717, 1.165) is 25.2 Å². The van der Waals surface area contributed by atoms with Gasteiger partial charge in [-0.3, -0.25) is 0 Å². The third-order valence-corrected chi connectivity index (χ3v) is 8.39. The van der Waals surface area contributed by atoms with Gasteiger partial charge < -0.3 is 19.3 Å². The van der Waals surface area contributed by atoms with Crippen molar-refractivity contribution >= 4 is 0 Å². The van der Waals surface area contributed by atoms with Crippen LogP contribution in [0.25, 0.3) is 0 Å². The van der Waals surface area contributed by atoms with Crippen LogP contribution in [0.2, 0.25) is 0 Å². The van der Waals surface area contributed by atoms with Gasteiger partial charge in [-0.15, -0.1) is 0 Å². The van der Waals surface area contributed by atoms with Crippen molar-refractivity contribution in [2.24, 2.45) is 35.0 Å². The molecule has 6 fully saturated rings. The van der Waals surface area contributed by atoms with Crippen molar-refractivity contribution in [2.45, 2.75) is 77.0 Å². The summed E-state index contributed by atoms with van der Waals surface area (Å²) in [6.07, 6.45) is 5.04. The zero-order valence-corrected chi connectivity index (χ0v) is 15.2. The Morgan fingerprint density at radius 1 is 1.08 bits per heavy atom. The number of rotatable bonds is 1. The van der Waals surface area contributed by atoms with E-state index in [1.165, 1.54) is 12.8 Å². The van der Waals surface area contributed by atoms with Gasteiger partial charge in [-0.05, 0) is 54.8 Å². The Labute approximate surface area is 145 Å². The highest BCUT2D eigenvalue weighted by Crippen LogP contribution is 2.68. The summed E-state index contributed by atoms with van der Waals surface area (Å²) < 4.78 is 19.0. The fourth-order valence-electron chi connectivity index (χ4n) is 7.34. The first-order valence-corrected chi connectivity index (χ1v) is 10.1. The second-order valence-corrected chi connectivity index (χ2v) is 9.60. The molecule has 0 aromatic carbocycles. The Kier molecular flexibility index (Phi) is 3.47. The van der Waals surface area contributed by atoms with Crippen molar-refractivity contribution in [1.29, 1.82) is 0 Å². The van der Waals surface area contributed by atoms with E-state index in [-0.39, 0.29) is 23.7 Å². The van der Waals surface area contributed by atoms with Crippen molar-refractivity contribution in [2.75, 3.05) is 13.2 Å². The second-order valence-electron chi connectivity index (χ2n) is 9.60. The molecule has 0 aromatic heterocycles. The molecule has 0 amide bonds. The maximum Gasteiger partial charge on any atom is 0.171 e. The predicted octanol–water partition coefficient (Wildman–Crippen LogP) is 2.98. The van der Waals surface area contributed by atoms with E-state index >= 15 is 0 Å². The topological polar surface area (TPSA) is 47.9 Å². The Hall–Kier alpha value is -0.160. The largest absolute Gasteiger partial charge is 0.390 e. The average Bonchev–Trinajstić information content (AvgIpc) is 3.16. The van der Waals surface area contributed by atoms with Crippen LogP contribution in [0.4, 0.5) is 0 Å². The highest BCUT2D eigenvalue weighted by atomic mass is 16.7. The summed E-state index contributed by atoms with van der Waals surface area (Å²) in [4.78, 5) is 0. The summed E-state index contributed by atoms with van der Waals surface area (Å²) >= 11 is 0. The highest BCUT2D eigenvalue weighted by Gasteiger charge is 2.70. The van der Waals surface area contributed by atoms with Gasteiger partial charge in [0.1, 0.15) is 0 Å². The van der Waals surface area contributed by atoms with Crippen LogP contribution in [0.3, 0.4) is 0 Å². The Morgan fingerprint density at radius 3 is 2.54 bits per heavy atom. The molecule has 3 aliphatic heterocycles. The fourth-order valence-corrected chi connectivity index (χ4v) is 7.34. The first-order chi connectivity index (χ1) is 11.5. The standard InChI is InChI=1S/C20H32O4/c1-11(2)12-4-6-19(3)15-10-13-16(17(12)19)18(24-15)14(21)5-7-20(13)22-8-9-23-20/h11-18,21H,4-10H2,1-3H3/t12-,13+,14-,15+,16+,17+,18-,19-/m1/s1. The van der Waals surface area contributed by atoms with Crippen molar-refractivity contribution in [3.05, 3.63) is 0 Å². The minimum absolute atomic E-state index is 0.0154. The SMILES string of the molecule is CC(C)[C@H]1CC[C@@]2(C)[C@@H]1[C@H]1[C@@H]3O[C@H]2C[C@@H]1C1(CC[C@H]3O)OCCO1. The summed E-state index contributed by atoms with van der Waals surface area (Å²) in [5, 5.41) is 10.9. The molecule has 3 heterocycles. The summed E-state index contributed by atoms with van der Waals surface area (Å²) in [6.45, 7) is 8.60. The van der Waals surface area contributed by atoms with Gasteiger partial charge in [0.05, 0.1) is 31.5 Å². The summed E-state index contributed by atoms with van der Waals surface area (Å²) in [7, 11) is 0. The van der Waals surface area contributed by atoms with Crippen LogP contribution in [0, 0.1) is 35.0 Å². The van der Waals surface area contributed by atoms with Gasteiger partial charge in [-0.2, -0.15) is 0 Å². The summed E-state index contributed by atoms with van der Waals surface area (Å²) in [5.41, 5.74) is 0.274. The molecule has 3 saturated heterocycles. The molecule has 3 saturated carbocycles. The highest BCUT2D eigenvalue weighted by molar-refractivity contribution is 5.16. The summed E-state index contributed by atoms with van der Waals surface area (Å²) in [5.74, 6) is 2.38. The van der Waals surface area contributed by atoms with Crippen LogP contribution in [0.15, 0.2) is 0 Å². The van der Waals surface area contributed by atoms with Crippen LogP contribution >= 0.6 is 0 Å². The van der Waals surface area contributed by atoms with E-state index in [9.17, 15) is 5.11 Å². The molecule has 0 aromatic rings. The maximum atomic E-state index is 10.9. The van der Waals surface area contributed by atoms with E-state index in [4.69, 9.17) is 14.2 Å². The fraction of sp³-hybridized carbons (Fsp3) is 1.00. The summed E-state index contributed by atoms with van der Waals surface area (Å²) in [6, 6.07) is 0. The van der Waals surface area contributed by atoms with Crippen molar-refractivity contribution in [3.8, 4) is 0 Å². The number of hydrogen-bond donors (Lipinski definition) is 1. The second kappa shape index (κ2) is 5.18. The van der Waals surface area contributed by atoms with Gasteiger partial charge in [0, 0.05) is 12.3 Å². The molecule has 1 N–H and O–H groups in total. The molecular formula is C20H32O4. The third kappa shape index (κ3) is 1.89. The molecule has 8 atom stereocenters. The zero-order valence-electron chi connectivity index (χ0n) is 15.2. The van der Waals surface area contributed by atoms with Crippen molar-refractivity contribution in [1.82, 2.24) is 0 Å². The van der Waals surface area contributed by atoms with Gasteiger partial charge in [0.15, 0.2) is 5.79 Å². The van der Waals surface area contributed by atoms with E-state index in [2.05, 4.69) is 20.8 Å². The van der Waals surface area contributed by atoms with E-state index < -0.39 is 5.79 Å². The van der Waals surface area contributed by atoms with Crippen molar-refractivity contribution < 1.29 is 19.3 Å². The van der Waals surface area contributed by atoms with Crippen LogP contribution < -0.4 is 0 Å². The maximum absolute atomic E-state index is 10.9. The average molecular weight is 336 g/mol. The lowest BCUT2D eigenvalue weighted by molar-refractivity contribution is -0.307. The first-order valence-electron chi connectivity index (χ1n) is 10.1. The zero-order chi connectivity index (χ0) is 16.7. The normalized spacial score (nSPS) is 55.1. The molecule has 4 heteroatoms. The molecule has 24 heavy (non-hydrogen) atoms. The van der Waals surface area contributed by atoms with Gasteiger partial charge in [-0.1, -0.05) is 20.8 Å². The van der Waals surface area contributed by atoms with Gasteiger partial charge in [-0.25, -0.2) is 0 Å². The Balaban J connectivity index is 1.61. The van der Waals surface area contributed by atoms with Gasteiger partial charge in [0.2, 0.25) is 0 Å². The van der Waals surface area contributed by atoms with E-state index in [1.54, 1.807) is 0 Å². The molecule has 6 rings (SSSR count). The Morgan fingerprint density at radius 2 is 1.83 bits per heavy atom. The molecular weight excluding hydrogens is 304 g/mol. The first kappa shape index (κ1) is 16.0. The smallest absolute Gasteiger partial charge is 0.171 e. The van der Waals surface area contributed by atoms with Crippen molar-refractivity contribution in [3.63, 3.8) is 0 Å². The monoisotopic (exact) mass is 336 g/mol. The molecule has 3 aliphatic carbocycles. The molecule has 4 nitrogen and oxygen atoms in total. The molecule has 4 bridgehead atoms. The van der Waals surface area contributed by atoms with Crippen LogP contribution in [-0.2, 0) is 14.2 Å². The quantitative estimate of drug-likeness (QED) is 0.800. The van der Waals surface area contributed by atoms with Crippen LogP contribution in [0.5, 0.6) is 0 Å².